The lowest BCUT2D eigenvalue weighted by atomic mass is 10.1. The van der Waals surface area contributed by atoms with Crippen molar-refractivity contribution in [3.63, 3.8) is 0 Å². The van der Waals surface area contributed by atoms with Crippen molar-refractivity contribution in [2.45, 2.75) is 13.8 Å². The highest BCUT2D eigenvalue weighted by molar-refractivity contribution is 7.22. The molecule has 0 saturated heterocycles. The van der Waals surface area contributed by atoms with Crippen LogP contribution in [0.5, 0.6) is 0 Å². The minimum atomic E-state index is -0.108. The number of para-hydroxylation sites is 1. The van der Waals surface area contributed by atoms with Gasteiger partial charge in [-0.05, 0) is 49.2 Å². The van der Waals surface area contributed by atoms with Crippen LogP contribution in [-0.4, -0.2) is 17.4 Å². The van der Waals surface area contributed by atoms with Gasteiger partial charge in [0.25, 0.3) is 5.91 Å². The molecule has 0 unspecified atom stereocenters. The van der Waals surface area contributed by atoms with Gasteiger partial charge < -0.3 is 0 Å². The number of fused-ring (bicyclic) bond motifs is 1. The summed E-state index contributed by atoms with van der Waals surface area (Å²) in [6, 6.07) is 15.2. The van der Waals surface area contributed by atoms with E-state index in [0.29, 0.717) is 17.2 Å². The number of carbonyl (C=O) groups is 1. The van der Waals surface area contributed by atoms with Gasteiger partial charge in [-0.25, -0.2) is 4.98 Å². The normalized spacial score (nSPS) is 10.9. The zero-order valence-electron chi connectivity index (χ0n) is 14.1. The molecule has 0 radical (unpaired) electrons. The van der Waals surface area contributed by atoms with E-state index in [-0.39, 0.29) is 5.91 Å². The molecule has 1 heterocycles. The van der Waals surface area contributed by atoms with Gasteiger partial charge in [-0.15, -0.1) is 0 Å². The number of rotatable bonds is 4. The van der Waals surface area contributed by atoms with E-state index in [1.165, 1.54) is 11.3 Å². The van der Waals surface area contributed by atoms with E-state index in [9.17, 15) is 4.79 Å². The standard InChI is InChI=1S/C20H17N3OS/c1-3-23(20-22-19-14(2)5-4-6-17(19)25-20)18(24)12-11-15-7-9-16(13-21)10-8-15/h4-12H,3H2,1-2H3. The average molecular weight is 347 g/mol. The molecule has 0 aliphatic carbocycles. The summed E-state index contributed by atoms with van der Waals surface area (Å²) in [4.78, 5) is 18.9. The fourth-order valence-electron chi connectivity index (χ4n) is 2.50. The monoisotopic (exact) mass is 347 g/mol. The molecule has 124 valence electrons. The molecule has 0 aliphatic rings. The van der Waals surface area contributed by atoms with E-state index >= 15 is 0 Å². The summed E-state index contributed by atoms with van der Waals surface area (Å²) < 4.78 is 1.08. The van der Waals surface area contributed by atoms with Gasteiger partial charge in [-0.2, -0.15) is 5.26 Å². The van der Waals surface area contributed by atoms with Crippen molar-refractivity contribution in [2.75, 3.05) is 11.4 Å². The van der Waals surface area contributed by atoms with Crippen LogP contribution in [0.15, 0.2) is 48.5 Å². The number of nitriles is 1. The molecule has 0 N–H and O–H groups in total. The van der Waals surface area contributed by atoms with Crippen molar-refractivity contribution in [1.82, 2.24) is 4.98 Å². The van der Waals surface area contributed by atoms with Gasteiger partial charge in [0.05, 0.1) is 21.8 Å². The SMILES string of the molecule is CCN(C(=O)C=Cc1ccc(C#N)cc1)c1nc2c(C)cccc2s1. The minimum Gasteiger partial charge on any atom is -0.285 e. The van der Waals surface area contributed by atoms with Crippen molar-refractivity contribution in [3.05, 3.63) is 65.2 Å². The molecule has 0 atom stereocenters. The molecule has 0 bridgehead atoms. The van der Waals surface area contributed by atoms with Crippen LogP contribution in [0, 0.1) is 18.3 Å². The maximum absolute atomic E-state index is 12.6. The Labute approximate surface area is 150 Å². The molecule has 5 heteroatoms. The van der Waals surface area contributed by atoms with E-state index in [4.69, 9.17) is 5.26 Å². The number of hydrogen-bond acceptors (Lipinski definition) is 4. The summed E-state index contributed by atoms with van der Waals surface area (Å²) >= 11 is 1.52. The molecule has 3 rings (SSSR count). The van der Waals surface area contributed by atoms with Crippen LogP contribution in [-0.2, 0) is 4.79 Å². The maximum atomic E-state index is 12.6. The van der Waals surface area contributed by atoms with E-state index in [1.54, 1.807) is 29.2 Å². The number of nitrogens with zero attached hydrogens (tertiary/aromatic N) is 3. The van der Waals surface area contributed by atoms with Gasteiger partial charge in [0.1, 0.15) is 0 Å². The van der Waals surface area contributed by atoms with Gasteiger partial charge in [0.15, 0.2) is 5.13 Å². The Morgan fingerprint density at radius 2 is 2.04 bits per heavy atom. The van der Waals surface area contributed by atoms with Crippen molar-refractivity contribution >= 4 is 38.7 Å². The Bertz CT molecular complexity index is 980. The number of likely N-dealkylation sites (N-methyl/N-ethyl adjacent to an activating group) is 1. The number of carbonyl (C=O) groups excluding carboxylic acids is 1. The molecule has 0 saturated carbocycles. The fourth-order valence-corrected chi connectivity index (χ4v) is 3.61. The molecule has 0 aliphatic heterocycles. The van der Waals surface area contributed by atoms with Gasteiger partial charge >= 0.3 is 0 Å². The lowest BCUT2D eigenvalue weighted by Crippen LogP contribution is -2.28. The van der Waals surface area contributed by atoms with Crippen LogP contribution in [0.3, 0.4) is 0 Å². The van der Waals surface area contributed by atoms with E-state index in [1.807, 2.05) is 44.2 Å². The van der Waals surface area contributed by atoms with Gasteiger partial charge in [0.2, 0.25) is 0 Å². The molecule has 2 aromatic carbocycles. The van der Waals surface area contributed by atoms with Crippen molar-refractivity contribution in [3.8, 4) is 6.07 Å². The highest BCUT2D eigenvalue weighted by Gasteiger charge is 2.16. The molecule has 1 aromatic heterocycles. The molecular formula is C20H17N3OS. The number of thiazole rings is 1. The summed E-state index contributed by atoms with van der Waals surface area (Å²) in [5, 5.41) is 9.53. The smallest absolute Gasteiger partial charge is 0.252 e. The summed E-state index contributed by atoms with van der Waals surface area (Å²) in [6.45, 7) is 4.51. The van der Waals surface area contributed by atoms with Crippen molar-refractivity contribution in [2.24, 2.45) is 0 Å². The van der Waals surface area contributed by atoms with Gasteiger partial charge in [-0.3, -0.25) is 9.69 Å². The Morgan fingerprint density at radius 1 is 1.28 bits per heavy atom. The first kappa shape index (κ1) is 16.9. The zero-order valence-corrected chi connectivity index (χ0v) is 14.9. The topological polar surface area (TPSA) is 57.0 Å². The Balaban J connectivity index is 1.83. The average Bonchev–Trinajstić information content (AvgIpc) is 3.06. The molecule has 3 aromatic rings. The number of benzene rings is 2. The first-order valence-electron chi connectivity index (χ1n) is 7.98. The van der Waals surface area contributed by atoms with Crippen LogP contribution in [0.4, 0.5) is 5.13 Å². The Hall–Kier alpha value is -2.97. The molecule has 1 amide bonds. The van der Waals surface area contributed by atoms with Crippen LogP contribution < -0.4 is 4.90 Å². The number of anilines is 1. The van der Waals surface area contributed by atoms with Crippen LogP contribution in [0.2, 0.25) is 0 Å². The quantitative estimate of drug-likeness (QED) is 0.651. The Morgan fingerprint density at radius 3 is 2.68 bits per heavy atom. The third-order valence-corrected chi connectivity index (χ3v) is 4.92. The van der Waals surface area contributed by atoms with E-state index in [2.05, 4.69) is 11.1 Å². The summed E-state index contributed by atoms with van der Waals surface area (Å²) in [5.74, 6) is -0.108. The van der Waals surface area contributed by atoms with Gasteiger partial charge in [-0.1, -0.05) is 35.6 Å². The number of hydrogen-bond donors (Lipinski definition) is 0. The van der Waals surface area contributed by atoms with Crippen LogP contribution >= 0.6 is 11.3 Å². The first-order chi connectivity index (χ1) is 12.1. The lowest BCUT2D eigenvalue weighted by Gasteiger charge is -2.15. The predicted molar refractivity (Wildman–Crippen MR) is 103 cm³/mol. The predicted octanol–water partition coefficient (Wildman–Crippen LogP) is 4.54. The first-order valence-corrected chi connectivity index (χ1v) is 8.80. The van der Waals surface area contributed by atoms with Crippen LogP contribution in [0.1, 0.15) is 23.6 Å². The van der Waals surface area contributed by atoms with Crippen molar-refractivity contribution < 1.29 is 4.79 Å². The molecule has 4 nitrogen and oxygen atoms in total. The number of aryl methyl sites for hydroxylation is 1. The zero-order chi connectivity index (χ0) is 17.8. The molecule has 0 fully saturated rings. The molecule has 0 spiro atoms. The van der Waals surface area contributed by atoms with E-state index < -0.39 is 0 Å². The largest absolute Gasteiger partial charge is 0.285 e. The second kappa shape index (κ2) is 7.29. The highest BCUT2D eigenvalue weighted by atomic mass is 32.1. The van der Waals surface area contributed by atoms with Gasteiger partial charge in [0, 0.05) is 12.6 Å². The maximum Gasteiger partial charge on any atom is 0.252 e. The Kier molecular flexibility index (Phi) is 4.92. The number of aromatic nitrogens is 1. The molecule has 25 heavy (non-hydrogen) atoms. The van der Waals surface area contributed by atoms with E-state index in [0.717, 1.165) is 21.3 Å². The highest BCUT2D eigenvalue weighted by Crippen LogP contribution is 2.30. The summed E-state index contributed by atoms with van der Waals surface area (Å²) in [7, 11) is 0. The molecular weight excluding hydrogens is 330 g/mol. The van der Waals surface area contributed by atoms with Crippen LogP contribution in [0.25, 0.3) is 16.3 Å². The number of amides is 1. The fraction of sp³-hybridized carbons (Fsp3) is 0.150. The summed E-state index contributed by atoms with van der Waals surface area (Å²) in [6.07, 6.45) is 3.30. The summed E-state index contributed by atoms with van der Waals surface area (Å²) in [5.41, 5.74) is 3.54. The van der Waals surface area contributed by atoms with Crippen molar-refractivity contribution in [1.29, 1.82) is 5.26 Å². The third kappa shape index (κ3) is 3.59. The lowest BCUT2D eigenvalue weighted by molar-refractivity contribution is -0.114. The second-order valence-corrected chi connectivity index (χ2v) is 6.58. The minimum absolute atomic E-state index is 0.108. The third-order valence-electron chi connectivity index (χ3n) is 3.88. The second-order valence-electron chi connectivity index (χ2n) is 5.57.